The summed E-state index contributed by atoms with van der Waals surface area (Å²) in [6.45, 7) is 1.93. The van der Waals surface area contributed by atoms with Crippen molar-refractivity contribution in [2.24, 2.45) is 0 Å². The molecule has 6 heteroatoms. The normalized spacial score (nSPS) is 16.3. The van der Waals surface area contributed by atoms with E-state index in [0.717, 1.165) is 60.0 Å². The summed E-state index contributed by atoms with van der Waals surface area (Å²) in [5.41, 5.74) is 5.57. The number of methoxy groups -OCH3 is 1. The molecule has 0 amide bonds. The highest BCUT2D eigenvalue weighted by Gasteiger charge is 2.30. The molecule has 0 bridgehead atoms. The lowest BCUT2D eigenvalue weighted by Gasteiger charge is -2.27. The van der Waals surface area contributed by atoms with Gasteiger partial charge in [0.25, 0.3) is 0 Å². The van der Waals surface area contributed by atoms with E-state index in [-0.39, 0.29) is 6.04 Å². The van der Waals surface area contributed by atoms with Crippen LogP contribution in [0.5, 0.6) is 5.75 Å². The van der Waals surface area contributed by atoms with Gasteiger partial charge in [-0.3, -0.25) is 9.88 Å². The van der Waals surface area contributed by atoms with Crippen molar-refractivity contribution < 1.29 is 4.74 Å². The Morgan fingerprint density at radius 1 is 1.06 bits per heavy atom. The molecule has 2 aromatic carbocycles. The number of ether oxygens (including phenoxy) is 1. The van der Waals surface area contributed by atoms with Crippen LogP contribution in [0.3, 0.4) is 0 Å². The number of pyridine rings is 1. The largest absolute Gasteiger partial charge is 0.497 e. The van der Waals surface area contributed by atoms with Crippen LogP contribution in [0.15, 0.2) is 67.0 Å². The molecular weight excluding hydrogens is 410 g/mol. The molecule has 4 aromatic rings. The molecule has 1 aliphatic rings. The molecule has 0 radical (unpaired) electrons. The first-order valence-corrected chi connectivity index (χ1v) is 11.4. The van der Waals surface area contributed by atoms with E-state index >= 15 is 0 Å². The Bertz CT molecular complexity index is 1270. The van der Waals surface area contributed by atoms with Gasteiger partial charge in [-0.1, -0.05) is 24.3 Å². The zero-order valence-corrected chi connectivity index (χ0v) is 19.4. The average Bonchev–Trinajstić information content (AvgIpc) is 3.31. The number of benzene rings is 2. The van der Waals surface area contributed by atoms with Crippen molar-refractivity contribution in [1.29, 1.82) is 0 Å². The van der Waals surface area contributed by atoms with Crippen molar-refractivity contribution >= 4 is 16.9 Å². The lowest BCUT2D eigenvalue weighted by atomic mass is 9.99. The molecule has 0 aliphatic carbocycles. The summed E-state index contributed by atoms with van der Waals surface area (Å²) in [5, 5.41) is 1.18. The van der Waals surface area contributed by atoms with Crippen LogP contribution in [-0.4, -0.2) is 47.6 Å². The van der Waals surface area contributed by atoms with Crippen molar-refractivity contribution in [1.82, 2.24) is 19.9 Å². The van der Waals surface area contributed by atoms with E-state index < -0.39 is 0 Å². The standard InChI is InChI=1S/C27H29N5O/c1-31(2)27-29-17-23(20-7-4-9-22(16-20)33-3)26(30-27)25-10-6-14-32(25)18-19-11-12-24-21(15-19)8-5-13-28-24/h4-5,7-9,11-13,15-17,25H,6,10,14,18H2,1-3H3/t25-/m1/s1. The molecule has 3 heterocycles. The predicted octanol–water partition coefficient (Wildman–Crippen LogP) is 5.10. The quantitative estimate of drug-likeness (QED) is 0.416. The Kier molecular flexibility index (Phi) is 5.92. The number of likely N-dealkylation sites (tertiary alicyclic amines) is 1. The number of hydrogen-bond acceptors (Lipinski definition) is 6. The van der Waals surface area contributed by atoms with Gasteiger partial charge in [-0.25, -0.2) is 9.97 Å². The van der Waals surface area contributed by atoms with Gasteiger partial charge >= 0.3 is 0 Å². The van der Waals surface area contributed by atoms with Gasteiger partial charge in [-0.2, -0.15) is 0 Å². The van der Waals surface area contributed by atoms with E-state index in [1.165, 1.54) is 10.9 Å². The second-order valence-electron chi connectivity index (χ2n) is 8.75. The number of anilines is 1. The van der Waals surface area contributed by atoms with Crippen LogP contribution in [0.4, 0.5) is 5.95 Å². The fraction of sp³-hybridized carbons (Fsp3) is 0.296. The minimum absolute atomic E-state index is 0.234. The zero-order chi connectivity index (χ0) is 22.8. The minimum atomic E-state index is 0.234. The number of hydrogen-bond donors (Lipinski definition) is 0. The Morgan fingerprint density at radius 2 is 1.97 bits per heavy atom. The Hall–Kier alpha value is -3.51. The second-order valence-corrected chi connectivity index (χ2v) is 8.75. The molecule has 1 saturated heterocycles. The molecule has 0 unspecified atom stereocenters. The van der Waals surface area contributed by atoms with Crippen molar-refractivity contribution in [2.45, 2.75) is 25.4 Å². The lowest BCUT2D eigenvalue weighted by Crippen LogP contribution is -2.25. The first-order chi connectivity index (χ1) is 16.1. The summed E-state index contributed by atoms with van der Waals surface area (Å²) >= 11 is 0. The Labute approximate surface area is 194 Å². The molecule has 0 saturated carbocycles. The summed E-state index contributed by atoms with van der Waals surface area (Å²) in [7, 11) is 5.67. The van der Waals surface area contributed by atoms with Crippen LogP contribution in [0.2, 0.25) is 0 Å². The summed E-state index contributed by atoms with van der Waals surface area (Å²) in [5.74, 6) is 1.57. The molecule has 0 N–H and O–H groups in total. The van der Waals surface area contributed by atoms with Crippen molar-refractivity contribution in [3.8, 4) is 16.9 Å². The summed E-state index contributed by atoms with van der Waals surface area (Å²) in [4.78, 5) is 18.7. The third kappa shape index (κ3) is 4.39. The summed E-state index contributed by atoms with van der Waals surface area (Å²) < 4.78 is 5.47. The molecule has 168 valence electrons. The summed E-state index contributed by atoms with van der Waals surface area (Å²) in [6, 6.07) is 19.1. The maximum absolute atomic E-state index is 5.47. The number of rotatable bonds is 6. The van der Waals surface area contributed by atoms with E-state index in [2.05, 4.69) is 51.3 Å². The van der Waals surface area contributed by atoms with Gasteiger partial charge in [0, 0.05) is 44.0 Å². The maximum Gasteiger partial charge on any atom is 0.225 e. The van der Waals surface area contributed by atoms with Crippen LogP contribution in [0.25, 0.3) is 22.0 Å². The molecule has 33 heavy (non-hydrogen) atoms. The van der Waals surface area contributed by atoms with Gasteiger partial charge in [0.2, 0.25) is 5.95 Å². The third-order valence-corrected chi connectivity index (χ3v) is 6.32. The lowest BCUT2D eigenvalue weighted by molar-refractivity contribution is 0.245. The van der Waals surface area contributed by atoms with Crippen molar-refractivity contribution in [3.05, 3.63) is 78.2 Å². The number of aromatic nitrogens is 3. The van der Waals surface area contributed by atoms with Crippen LogP contribution in [0.1, 0.15) is 30.1 Å². The van der Waals surface area contributed by atoms with Gasteiger partial charge < -0.3 is 9.64 Å². The average molecular weight is 440 g/mol. The van der Waals surface area contributed by atoms with Crippen molar-refractivity contribution in [3.63, 3.8) is 0 Å². The smallest absolute Gasteiger partial charge is 0.225 e. The van der Waals surface area contributed by atoms with E-state index in [1.807, 2.05) is 49.6 Å². The van der Waals surface area contributed by atoms with E-state index in [9.17, 15) is 0 Å². The van der Waals surface area contributed by atoms with Gasteiger partial charge in [0.15, 0.2) is 0 Å². The molecule has 1 fully saturated rings. The number of fused-ring (bicyclic) bond motifs is 1. The van der Waals surface area contributed by atoms with Gasteiger partial charge in [0.1, 0.15) is 5.75 Å². The topological polar surface area (TPSA) is 54.4 Å². The highest BCUT2D eigenvalue weighted by Crippen LogP contribution is 2.38. The minimum Gasteiger partial charge on any atom is -0.497 e. The first-order valence-electron chi connectivity index (χ1n) is 11.4. The summed E-state index contributed by atoms with van der Waals surface area (Å²) in [6.07, 6.45) is 6.04. The molecule has 0 spiro atoms. The van der Waals surface area contributed by atoms with Crippen LogP contribution in [-0.2, 0) is 6.54 Å². The van der Waals surface area contributed by atoms with Gasteiger partial charge in [-0.05, 0) is 60.8 Å². The fourth-order valence-electron chi connectivity index (χ4n) is 4.65. The second kappa shape index (κ2) is 9.16. The fourth-order valence-corrected chi connectivity index (χ4v) is 4.65. The van der Waals surface area contributed by atoms with Crippen LogP contribution >= 0.6 is 0 Å². The monoisotopic (exact) mass is 439 g/mol. The molecule has 1 aliphatic heterocycles. The Morgan fingerprint density at radius 3 is 2.82 bits per heavy atom. The third-order valence-electron chi connectivity index (χ3n) is 6.32. The maximum atomic E-state index is 5.47. The van der Waals surface area contributed by atoms with Crippen LogP contribution < -0.4 is 9.64 Å². The number of nitrogens with zero attached hydrogens (tertiary/aromatic N) is 5. The highest BCUT2D eigenvalue weighted by atomic mass is 16.5. The van der Waals surface area contributed by atoms with Gasteiger partial charge in [0.05, 0.1) is 24.4 Å². The van der Waals surface area contributed by atoms with E-state index in [1.54, 1.807) is 7.11 Å². The van der Waals surface area contributed by atoms with E-state index in [0.29, 0.717) is 0 Å². The molecule has 2 aromatic heterocycles. The van der Waals surface area contributed by atoms with Gasteiger partial charge in [-0.15, -0.1) is 0 Å². The van der Waals surface area contributed by atoms with E-state index in [4.69, 9.17) is 9.72 Å². The molecule has 5 rings (SSSR count). The predicted molar refractivity (Wildman–Crippen MR) is 132 cm³/mol. The molecule has 6 nitrogen and oxygen atoms in total. The molecule has 1 atom stereocenters. The first kappa shape index (κ1) is 21.3. The van der Waals surface area contributed by atoms with Crippen molar-refractivity contribution in [2.75, 3.05) is 32.6 Å². The highest BCUT2D eigenvalue weighted by molar-refractivity contribution is 5.78. The zero-order valence-electron chi connectivity index (χ0n) is 19.4. The Balaban J connectivity index is 1.52. The molecular formula is C27H29N5O. The van der Waals surface area contributed by atoms with Crippen LogP contribution in [0, 0.1) is 0 Å². The SMILES string of the molecule is COc1cccc(-c2cnc(N(C)C)nc2[C@H]2CCCN2Cc2ccc3ncccc3c2)c1.